The van der Waals surface area contributed by atoms with Crippen molar-refractivity contribution >= 4 is 19.3 Å². The third kappa shape index (κ3) is 4.09. The SMILES string of the molecule is O=S=S(=O)(O)O. The second-order valence-electron chi connectivity index (χ2n) is 0.516. The van der Waals surface area contributed by atoms with E-state index < -0.39 is 19.3 Å². The maximum atomic E-state index is 9.32. The fraction of sp³-hybridized carbons (Fsp3) is 0. The molecule has 0 saturated carbocycles. The summed E-state index contributed by atoms with van der Waals surface area (Å²) in [5.74, 6) is 0. The van der Waals surface area contributed by atoms with Crippen molar-refractivity contribution in [3.8, 4) is 0 Å². The minimum atomic E-state index is -4.05. The van der Waals surface area contributed by atoms with Crippen molar-refractivity contribution in [1.82, 2.24) is 0 Å². The molecule has 4 nitrogen and oxygen atoms in total. The monoisotopic (exact) mass is 130 g/mol. The van der Waals surface area contributed by atoms with Gasteiger partial charge in [-0.05, 0) is 0 Å². The van der Waals surface area contributed by atoms with Crippen LogP contribution in [-0.4, -0.2) is 17.5 Å². The molecule has 0 fully saturated rings. The van der Waals surface area contributed by atoms with Crippen LogP contribution in [0.15, 0.2) is 0 Å². The fourth-order valence-electron chi connectivity index (χ4n) is 0. The van der Waals surface area contributed by atoms with Crippen LogP contribution in [0.4, 0.5) is 0 Å². The summed E-state index contributed by atoms with van der Waals surface area (Å²) in [6.07, 6.45) is 0. The quantitative estimate of drug-likeness (QED) is 0.456. The molecule has 0 spiro atoms. The van der Waals surface area contributed by atoms with Gasteiger partial charge in [0.2, 0.25) is 10.2 Å². The highest BCUT2D eigenvalue weighted by molar-refractivity contribution is 8.29. The van der Waals surface area contributed by atoms with E-state index >= 15 is 0 Å². The molecule has 38 valence electrons. The van der Waals surface area contributed by atoms with Crippen LogP contribution in [0.5, 0.6) is 0 Å². The lowest BCUT2D eigenvalue weighted by Gasteiger charge is -1.73. The molecule has 0 saturated heterocycles. The molecule has 0 radical (unpaired) electrons. The van der Waals surface area contributed by atoms with Crippen LogP contribution < -0.4 is 0 Å². The van der Waals surface area contributed by atoms with E-state index in [-0.39, 0.29) is 0 Å². The minimum Gasteiger partial charge on any atom is -0.284 e. The molecule has 0 unspecified atom stereocenters. The van der Waals surface area contributed by atoms with E-state index in [2.05, 4.69) is 0 Å². The van der Waals surface area contributed by atoms with Gasteiger partial charge in [-0.2, -0.15) is 8.42 Å². The van der Waals surface area contributed by atoms with Gasteiger partial charge in [0.05, 0.1) is 0 Å². The first-order valence-corrected chi connectivity index (χ1v) is 3.60. The van der Waals surface area contributed by atoms with Gasteiger partial charge in [-0.15, -0.1) is 0 Å². The Balaban J connectivity index is 4.75. The van der Waals surface area contributed by atoms with E-state index in [0.717, 1.165) is 0 Å². The summed E-state index contributed by atoms with van der Waals surface area (Å²) in [6.45, 7) is 0. The third-order valence-corrected chi connectivity index (χ3v) is 0.798. The summed E-state index contributed by atoms with van der Waals surface area (Å²) in [7, 11) is -4.78. The zero-order valence-electron chi connectivity index (χ0n) is 2.53. The van der Waals surface area contributed by atoms with Gasteiger partial charge in [-0.1, -0.05) is 0 Å². The Hall–Kier alpha value is 0.0900. The van der Waals surface area contributed by atoms with Gasteiger partial charge in [0.15, 0.2) is 0 Å². The Morgan fingerprint density at radius 2 is 1.67 bits per heavy atom. The first-order chi connectivity index (χ1) is 2.56. The Kier molecular flexibility index (Phi) is 1.72. The van der Waals surface area contributed by atoms with Crippen molar-refractivity contribution in [1.29, 1.82) is 0 Å². The van der Waals surface area contributed by atoms with E-state index in [0.29, 0.717) is 0 Å². The lowest BCUT2D eigenvalue weighted by molar-refractivity contribution is 0.449. The first-order valence-electron chi connectivity index (χ1n) is 0.865. The molecule has 0 bridgehead atoms. The molecule has 0 aromatic rings. The molecule has 0 amide bonds. The van der Waals surface area contributed by atoms with Crippen molar-refractivity contribution in [3.05, 3.63) is 0 Å². The smallest absolute Gasteiger partial charge is 0.284 e. The van der Waals surface area contributed by atoms with Gasteiger partial charge in [0.1, 0.15) is 0 Å². The molecular formula is H2O4S2. The molecule has 6 heteroatoms. The van der Waals surface area contributed by atoms with E-state index in [9.17, 15) is 4.21 Å². The number of hydrogen-bond acceptors (Lipinski definition) is 2. The largest absolute Gasteiger partial charge is 0.290 e. The average molecular weight is 130 g/mol. The Morgan fingerprint density at radius 3 is 1.67 bits per heavy atom. The van der Waals surface area contributed by atoms with Gasteiger partial charge in [0, 0.05) is 0 Å². The number of rotatable bonds is 0. The first kappa shape index (κ1) is 6.09. The van der Waals surface area contributed by atoms with Crippen LogP contribution in [0.25, 0.3) is 0 Å². The van der Waals surface area contributed by atoms with Crippen molar-refractivity contribution < 1.29 is 17.5 Å². The normalized spacial score (nSPS) is 11.0. The highest BCUT2D eigenvalue weighted by atomic mass is 32.9. The minimum absolute atomic E-state index is 0.729. The van der Waals surface area contributed by atoms with Crippen molar-refractivity contribution in [2.24, 2.45) is 0 Å². The molecule has 6 heavy (non-hydrogen) atoms. The highest BCUT2D eigenvalue weighted by Gasteiger charge is 1.84. The predicted octanol–water partition coefficient (Wildman–Crippen LogP) is -0.655. The zero-order chi connectivity index (χ0) is 5.21. The van der Waals surface area contributed by atoms with Gasteiger partial charge in [-0.25, -0.2) is 0 Å². The second-order valence-corrected chi connectivity index (χ2v) is 3.26. The van der Waals surface area contributed by atoms with Crippen LogP contribution in [0.1, 0.15) is 0 Å². The van der Waals surface area contributed by atoms with E-state index in [1.165, 1.54) is 0 Å². The molecule has 0 rings (SSSR count). The summed E-state index contributed by atoms with van der Waals surface area (Å²) in [4.78, 5) is 0. The summed E-state index contributed by atoms with van der Waals surface area (Å²) in [6, 6.07) is 0. The van der Waals surface area contributed by atoms with Crippen molar-refractivity contribution in [3.63, 3.8) is 0 Å². The molecule has 0 aromatic carbocycles. The maximum Gasteiger partial charge on any atom is 0.290 e. The Morgan fingerprint density at radius 1 is 1.50 bits per heavy atom. The summed E-state index contributed by atoms with van der Waals surface area (Å²) in [5.41, 5.74) is 0. The van der Waals surface area contributed by atoms with Gasteiger partial charge < -0.3 is 0 Å². The molecular weight excluding hydrogens is 128 g/mol. The molecule has 0 aliphatic carbocycles. The molecule has 0 aliphatic rings. The maximum absolute atomic E-state index is 9.32. The van der Waals surface area contributed by atoms with Crippen LogP contribution in [0, 0.1) is 0 Å². The van der Waals surface area contributed by atoms with E-state index in [1.54, 1.807) is 0 Å². The summed E-state index contributed by atoms with van der Waals surface area (Å²) >= 11 is 0. The van der Waals surface area contributed by atoms with E-state index in [4.69, 9.17) is 13.3 Å². The Bertz CT molecular complexity index is 146. The predicted molar refractivity (Wildman–Crippen MR) is 21.5 cm³/mol. The third-order valence-electron chi connectivity index (χ3n) is 0.0886. The van der Waals surface area contributed by atoms with Crippen LogP contribution in [0.3, 0.4) is 0 Å². The topological polar surface area (TPSA) is 74.6 Å². The van der Waals surface area contributed by atoms with Crippen LogP contribution >= 0.6 is 0 Å². The van der Waals surface area contributed by atoms with Gasteiger partial charge in [0.25, 0.3) is 9.05 Å². The lowest BCUT2D eigenvalue weighted by atomic mass is 15.8. The molecule has 2 N–H and O–H groups in total. The average Bonchev–Trinajstić information content (AvgIpc) is 1.35. The molecule has 0 heterocycles. The highest BCUT2D eigenvalue weighted by Crippen LogP contribution is 1.65. The molecule has 0 atom stereocenters. The van der Waals surface area contributed by atoms with Crippen LogP contribution in [-0.2, 0) is 19.3 Å². The lowest BCUT2D eigenvalue weighted by Crippen LogP contribution is -1.89. The van der Waals surface area contributed by atoms with Crippen LogP contribution in [0.2, 0.25) is 0 Å². The summed E-state index contributed by atoms with van der Waals surface area (Å²) < 4.78 is 33.5. The van der Waals surface area contributed by atoms with Crippen molar-refractivity contribution in [2.75, 3.05) is 0 Å². The molecule has 0 aliphatic heterocycles. The van der Waals surface area contributed by atoms with E-state index in [1.807, 2.05) is 0 Å². The van der Waals surface area contributed by atoms with Gasteiger partial charge >= 0.3 is 0 Å². The zero-order valence-corrected chi connectivity index (χ0v) is 4.16. The standard InChI is InChI=1S/H2O4S2/c1-5-6(2,3)4/h(H2,2,3,4). The van der Waals surface area contributed by atoms with Gasteiger partial charge in [-0.3, -0.25) is 9.11 Å². The summed E-state index contributed by atoms with van der Waals surface area (Å²) in [5, 5.41) is 0. The number of hydrogen-bond donors (Lipinski definition) is 2. The molecule has 0 aromatic heterocycles. The fourth-order valence-corrected chi connectivity index (χ4v) is 0. The van der Waals surface area contributed by atoms with Crippen molar-refractivity contribution in [2.45, 2.75) is 0 Å². The second kappa shape index (κ2) is 1.69. The Labute approximate surface area is 37.6 Å².